The lowest BCUT2D eigenvalue weighted by molar-refractivity contribution is 0.414. The highest BCUT2D eigenvalue weighted by atomic mass is 16.5. The van der Waals surface area contributed by atoms with E-state index in [0.717, 1.165) is 25.1 Å². The molecule has 0 amide bonds. The third-order valence-electron chi connectivity index (χ3n) is 3.71. The first kappa shape index (κ1) is 13.2. The van der Waals surface area contributed by atoms with Gasteiger partial charge in [0, 0.05) is 17.8 Å². The monoisotopic (exact) mass is 248 g/mol. The van der Waals surface area contributed by atoms with Crippen molar-refractivity contribution in [1.29, 1.82) is 0 Å². The molecule has 1 atom stereocenters. The Hall–Kier alpha value is -1.22. The number of methoxy groups -OCH3 is 1. The third-order valence-corrected chi connectivity index (χ3v) is 3.71. The standard InChI is InChI=1S/C15H24N2O/c1-11(2)17-13(5-4-8-16)9-12-10-14(18-3)6-7-15(12)17/h6-7,10-11,13H,4-5,8-9,16H2,1-3H3. The number of nitrogens with two attached hydrogens (primary N) is 1. The van der Waals surface area contributed by atoms with E-state index >= 15 is 0 Å². The second-order valence-electron chi connectivity index (χ2n) is 5.28. The van der Waals surface area contributed by atoms with Gasteiger partial charge in [-0.3, -0.25) is 0 Å². The van der Waals surface area contributed by atoms with Gasteiger partial charge in [0.1, 0.15) is 5.75 Å². The summed E-state index contributed by atoms with van der Waals surface area (Å²) in [7, 11) is 1.72. The molecule has 1 unspecified atom stereocenters. The highest BCUT2D eigenvalue weighted by molar-refractivity contribution is 5.62. The molecule has 3 nitrogen and oxygen atoms in total. The first-order chi connectivity index (χ1) is 8.67. The van der Waals surface area contributed by atoms with E-state index in [1.54, 1.807) is 7.11 Å². The second-order valence-corrected chi connectivity index (χ2v) is 5.28. The lowest BCUT2D eigenvalue weighted by atomic mass is 10.1. The Morgan fingerprint density at radius 1 is 1.44 bits per heavy atom. The summed E-state index contributed by atoms with van der Waals surface area (Å²) in [4.78, 5) is 2.53. The van der Waals surface area contributed by atoms with E-state index in [0.29, 0.717) is 12.1 Å². The molecule has 0 saturated heterocycles. The van der Waals surface area contributed by atoms with Crippen LogP contribution in [0.1, 0.15) is 32.3 Å². The van der Waals surface area contributed by atoms with Crippen molar-refractivity contribution in [3.05, 3.63) is 23.8 Å². The molecule has 0 saturated carbocycles. The molecule has 2 rings (SSSR count). The number of nitrogens with zero attached hydrogens (tertiary/aromatic N) is 1. The average molecular weight is 248 g/mol. The first-order valence-electron chi connectivity index (χ1n) is 6.82. The number of fused-ring (bicyclic) bond motifs is 1. The Morgan fingerprint density at radius 2 is 2.22 bits per heavy atom. The van der Waals surface area contributed by atoms with E-state index in [1.165, 1.54) is 17.7 Å². The molecule has 1 aromatic carbocycles. The van der Waals surface area contributed by atoms with Gasteiger partial charge < -0.3 is 15.4 Å². The van der Waals surface area contributed by atoms with Crippen LogP contribution in [0.15, 0.2) is 18.2 Å². The van der Waals surface area contributed by atoms with E-state index in [2.05, 4.69) is 36.9 Å². The van der Waals surface area contributed by atoms with Crippen LogP contribution in [-0.4, -0.2) is 25.7 Å². The summed E-state index contributed by atoms with van der Waals surface area (Å²) in [5.74, 6) is 0.955. The van der Waals surface area contributed by atoms with Gasteiger partial charge in [0.2, 0.25) is 0 Å². The third kappa shape index (κ3) is 2.46. The molecule has 0 spiro atoms. The first-order valence-corrected chi connectivity index (χ1v) is 6.82. The van der Waals surface area contributed by atoms with Crippen LogP contribution >= 0.6 is 0 Å². The molecule has 0 aromatic heterocycles. The summed E-state index contributed by atoms with van der Waals surface area (Å²) >= 11 is 0. The van der Waals surface area contributed by atoms with E-state index in [4.69, 9.17) is 10.5 Å². The predicted molar refractivity (Wildman–Crippen MR) is 76.4 cm³/mol. The molecule has 18 heavy (non-hydrogen) atoms. The molecule has 0 aliphatic carbocycles. The fourth-order valence-corrected chi connectivity index (χ4v) is 2.95. The molecule has 0 bridgehead atoms. The molecule has 1 aliphatic rings. The molecular weight excluding hydrogens is 224 g/mol. The van der Waals surface area contributed by atoms with Gasteiger partial charge in [0.15, 0.2) is 0 Å². The zero-order valence-electron chi connectivity index (χ0n) is 11.6. The number of ether oxygens (including phenoxy) is 1. The molecule has 1 aliphatic heterocycles. The van der Waals surface area contributed by atoms with Crippen molar-refractivity contribution in [2.75, 3.05) is 18.6 Å². The van der Waals surface area contributed by atoms with Crippen LogP contribution in [0.5, 0.6) is 5.75 Å². The predicted octanol–water partition coefficient (Wildman–Crippen LogP) is 2.57. The summed E-state index contributed by atoms with van der Waals surface area (Å²) in [5, 5.41) is 0. The molecule has 3 heteroatoms. The minimum absolute atomic E-state index is 0.530. The number of benzene rings is 1. The van der Waals surface area contributed by atoms with Gasteiger partial charge in [0.05, 0.1) is 7.11 Å². The van der Waals surface area contributed by atoms with Crippen LogP contribution in [0, 0.1) is 0 Å². The quantitative estimate of drug-likeness (QED) is 0.870. The molecular formula is C15H24N2O. The van der Waals surface area contributed by atoms with Crippen molar-refractivity contribution in [2.45, 2.75) is 45.2 Å². The number of rotatable bonds is 5. The topological polar surface area (TPSA) is 38.5 Å². The van der Waals surface area contributed by atoms with Gasteiger partial charge in [-0.15, -0.1) is 0 Å². The molecule has 100 valence electrons. The van der Waals surface area contributed by atoms with Crippen molar-refractivity contribution in [2.24, 2.45) is 5.73 Å². The summed E-state index contributed by atoms with van der Waals surface area (Å²) in [6.07, 6.45) is 3.38. The van der Waals surface area contributed by atoms with Crippen LogP contribution in [0.25, 0.3) is 0 Å². The molecule has 1 heterocycles. The fraction of sp³-hybridized carbons (Fsp3) is 0.600. The van der Waals surface area contributed by atoms with Crippen LogP contribution in [-0.2, 0) is 6.42 Å². The van der Waals surface area contributed by atoms with Gasteiger partial charge in [0.25, 0.3) is 0 Å². The Morgan fingerprint density at radius 3 is 2.83 bits per heavy atom. The SMILES string of the molecule is COc1ccc2c(c1)CC(CCCN)N2C(C)C. The maximum Gasteiger partial charge on any atom is 0.119 e. The lowest BCUT2D eigenvalue weighted by Crippen LogP contribution is -2.38. The van der Waals surface area contributed by atoms with Gasteiger partial charge in [-0.25, -0.2) is 0 Å². The van der Waals surface area contributed by atoms with E-state index in [-0.39, 0.29) is 0 Å². The Balaban J connectivity index is 2.24. The van der Waals surface area contributed by atoms with Crippen molar-refractivity contribution in [3.8, 4) is 5.75 Å². The Labute approximate surface area is 110 Å². The maximum atomic E-state index is 5.64. The zero-order valence-corrected chi connectivity index (χ0v) is 11.6. The Kier molecular flexibility index (Phi) is 4.12. The summed E-state index contributed by atoms with van der Waals surface area (Å²) in [5.41, 5.74) is 8.42. The van der Waals surface area contributed by atoms with E-state index in [9.17, 15) is 0 Å². The van der Waals surface area contributed by atoms with Crippen LogP contribution in [0.2, 0.25) is 0 Å². The van der Waals surface area contributed by atoms with Gasteiger partial charge >= 0.3 is 0 Å². The second kappa shape index (κ2) is 5.61. The minimum atomic E-state index is 0.530. The lowest BCUT2D eigenvalue weighted by Gasteiger charge is -2.31. The zero-order chi connectivity index (χ0) is 13.1. The Bertz CT molecular complexity index is 403. The van der Waals surface area contributed by atoms with Crippen molar-refractivity contribution in [3.63, 3.8) is 0 Å². The summed E-state index contributed by atoms with van der Waals surface area (Å²) in [6.45, 7) is 5.30. The summed E-state index contributed by atoms with van der Waals surface area (Å²) < 4.78 is 5.31. The molecule has 1 aromatic rings. The highest BCUT2D eigenvalue weighted by Crippen LogP contribution is 2.37. The van der Waals surface area contributed by atoms with Crippen molar-refractivity contribution in [1.82, 2.24) is 0 Å². The molecule has 0 radical (unpaired) electrons. The normalized spacial score (nSPS) is 18.3. The number of hydrogen-bond acceptors (Lipinski definition) is 3. The van der Waals surface area contributed by atoms with Crippen molar-refractivity contribution < 1.29 is 4.74 Å². The van der Waals surface area contributed by atoms with E-state index < -0.39 is 0 Å². The summed E-state index contributed by atoms with van der Waals surface area (Å²) in [6, 6.07) is 7.54. The largest absolute Gasteiger partial charge is 0.497 e. The van der Waals surface area contributed by atoms with Crippen LogP contribution < -0.4 is 15.4 Å². The average Bonchev–Trinajstić information content (AvgIpc) is 2.73. The van der Waals surface area contributed by atoms with Crippen LogP contribution in [0.4, 0.5) is 5.69 Å². The minimum Gasteiger partial charge on any atom is -0.497 e. The molecule has 2 N–H and O–H groups in total. The smallest absolute Gasteiger partial charge is 0.119 e. The number of hydrogen-bond donors (Lipinski definition) is 1. The van der Waals surface area contributed by atoms with E-state index in [1.807, 2.05) is 0 Å². The highest BCUT2D eigenvalue weighted by Gasteiger charge is 2.30. The van der Waals surface area contributed by atoms with Gasteiger partial charge in [-0.05, 0) is 63.4 Å². The van der Waals surface area contributed by atoms with Crippen molar-refractivity contribution >= 4 is 5.69 Å². The maximum absolute atomic E-state index is 5.64. The molecule has 0 fully saturated rings. The number of anilines is 1. The van der Waals surface area contributed by atoms with Gasteiger partial charge in [-0.2, -0.15) is 0 Å². The van der Waals surface area contributed by atoms with Crippen LogP contribution in [0.3, 0.4) is 0 Å². The fourth-order valence-electron chi connectivity index (χ4n) is 2.95. The van der Waals surface area contributed by atoms with Gasteiger partial charge in [-0.1, -0.05) is 0 Å².